The molecule has 0 fully saturated rings. The van der Waals surface area contributed by atoms with Crippen LogP contribution in [0.15, 0.2) is 52.3 Å². The van der Waals surface area contributed by atoms with E-state index in [1.54, 1.807) is 4.72 Å². The molecular weight excluding hydrogens is 410 g/mol. The van der Waals surface area contributed by atoms with Crippen LogP contribution in [0.1, 0.15) is 5.56 Å². The summed E-state index contributed by atoms with van der Waals surface area (Å²) in [5.74, 6) is -1.20. The van der Waals surface area contributed by atoms with E-state index in [-0.39, 0.29) is 6.07 Å². The number of alkyl halides is 3. The summed E-state index contributed by atoms with van der Waals surface area (Å²) in [4.78, 5) is -1.18. The Labute approximate surface area is 144 Å². The smallest absolute Gasteiger partial charge is 0.279 e. The van der Waals surface area contributed by atoms with E-state index in [4.69, 9.17) is 10.7 Å². The lowest BCUT2D eigenvalue weighted by Gasteiger charge is -2.15. The molecule has 0 aliphatic rings. The molecule has 12 heteroatoms. The standard InChI is InChI=1S/C13H8ClF4NO4S2/c14-24(20,21)9-2-1-3-10(7-9)25(22,23)19-12-5-4-8(15)6-11(12)13(16,17)18/h1-7,19H. The number of sulfonamides is 1. The zero-order valence-electron chi connectivity index (χ0n) is 11.9. The molecule has 0 aromatic heterocycles. The van der Waals surface area contributed by atoms with Crippen LogP contribution in [0.4, 0.5) is 23.2 Å². The second kappa shape index (κ2) is 6.46. The first-order valence-corrected chi connectivity index (χ1v) is 10.0. The predicted octanol–water partition coefficient (Wildman–Crippen LogP) is 3.57. The van der Waals surface area contributed by atoms with Crippen molar-refractivity contribution in [3.63, 3.8) is 0 Å². The van der Waals surface area contributed by atoms with Gasteiger partial charge < -0.3 is 0 Å². The normalized spacial score (nSPS) is 12.8. The number of hydrogen-bond acceptors (Lipinski definition) is 4. The third-order valence-corrected chi connectivity index (χ3v) is 5.64. The summed E-state index contributed by atoms with van der Waals surface area (Å²) in [7, 11) is -3.72. The average Bonchev–Trinajstić information content (AvgIpc) is 2.47. The molecule has 2 rings (SSSR count). The number of benzene rings is 2. The van der Waals surface area contributed by atoms with Gasteiger partial charge in [0.15, 0.2) is 0 Å². The monoisotopic (exact) mass is 417 g/mol. The summed E-state index contributed by atoms with van der Waals surface area (Å²) < 4.78 is 100. The highest BCUT2D eigenvalue weighted by molar-refractivity contribution is 8.13. The van der Waals surface area contributed by atoms with Crippen LogP contribution in [0, 0.1) is 5.82 Å². The Kier molecular flexibility index (Phi) is 5.04. The minimum absolute atomic E-state index is 0.136. The molecule has 0 unspecified atom stereocenters. The van der Waals surface area contributed by atoms with Crippen LogP contribution in [-0.2, 0) is 25.3 Å². The third kappa shape index (κ3) is 4.61. The molecule has 0 heterocycles. The fourth-order valence-corrected chi connectivity index (χ4v) is 3.83. The molecule has 0 spiro atoms. The topological polar surface area (TPSA) is 80.3 Å². The molecule has 0 atom stereocenters. The SMILES string of the molecule is O=S(=O)(Cl)c1cccc(S(=O)(=O)Nc2ccc(F)cc2C(F)(F)F)c1. The average molecular weight is 418 g/mol. The second-order valence-electron chi connectivity index (χ2n) is 4.71. The minimum Gasteiger partial charge on any atom is -0.279 e. The van der Waals surface area contributed by atoms with Crippen molar-refractivity contribution in [3.05, 3.63) is 53.8 Å². The van der Waals surface area contributed by atoms with E-state index < -0.39 is 52.1 Å². The maximum atomic E-state index is 13.1. The first-order chi connectivity index (χ1) is 11.3. The molecular formula is C13H8ClF4NO4S2. The van der Waals surface area contributed by atoms with Gasteiger partial charge in [0.25, 0.3) is 19.1 Å². The van der Waals surface area contributed by atoms with Crippen molar-refractivity contribution in [2.75, 3.05) is 4.72 Å². The highest BCUT2D eigenvalue weighted by atomic mass is 35.7. The van der Waals surface area contributed by atoms with E-state index in [1.165, 1.54) is 0 Å². The maximum absolute atomic E-state index is 13.1. The highest BCUT2D eigenvalue weighted by Crippen LogP contribution is 2.36. The molecule has 0 bridgehead atoms. The molecule has 0 saturated heterocycles. The van der Waals surface area contributed by atoms with Crippen LogP contribution in [0.5, 0.6) is 0 Å². The highest BCUT2D eigenvalue weighted by Gasteiger charge is 2.35. The third-order valence-electron chi connectivity index (χ3n) is 2.93. The van der Waals surface area contributed by atoms with Gasteiger partial charge in [-0.1, -0.05) is 6.07 Å². The van der Waals surface area contributed by atoms with Gasteiger partial charge in [-0.3, -0.25) is 4.72 Å². The zero-order chi connectivity index (χ0) is 19.0. The fourth-order valence-electron chi connectivity index (χ4n) is 1.84. The Morgan fingerprint density at radius 1 is 0.920 bits per heavy atom. The number of rotatable bonds is 4. The molecule has 0 aliphatic carbocycles. The van der Waals surface area contributed by atoms with Gasteiger partial charge in [-0.2, -0.15) is 13.2 Å². The first-order valence-electron chi connectivity index (χ1n) is 6.25. The molecule has 0 radical (unpaired) electrons. The van der Waals surface area contributed by atoms with E-state index in [2.05, 4.69) is 0 Å². The van der Waals surface area contributed by atoms with Gasteiger partial charge in [0.05, 0.1) is 21.0 Å². The van der Waals surface area contributed by atoms with E-state index in [9.17, 15) is 34.4 Å². The Morgan fingerprint density at radius 2 is 1.52 bits per heavy atom. The van der Waals surface area contributed by atoms with Crippen LogP contribution in [-0.4, -0.2) is 16.8 Å². The van der Waals surface area contributed by atoms with Crippen LogP contribution in [0.25, 0.3) is 0 Å². The van der Waals surface area contributed by atoms with Crippen molar-refractivity contribution in [1.29, 1.82) is 0 Å². The van der Waals surface area contributed by atoms with Crippen LogP contribution >= 0.6 is 10.7 Å². The van der Waals surface area contributed by atoms with E-state index in [0.29, 0.717) is 18.2 Å². The molecule has 136 valence electrons. The summed E-state index contributed by atoms with van der Waals surface area (Å²) in [5, 5.41) is 0. The predicted molar refractivity (Wildman–Crippen MR) is 81.7 cm³/mol. The van der Waals surface area contributed by atoms with Crippen molar-refractivity contribution in [3.8, 4) is 0 Å². The lowest BCUT2D eigenvalue weighted by molar-refractivity contribution is -0.137. The van der Waals surface area contributed by atoms with Gasteiger partial charge in [-0.25, -0.2) is 21.2 Å². The molecule has 2 aromatic rings. The molecule has 5 nitrogen and oxygen atoms in total. The molecule has 0 aliphatic heterocycles. The van der Waals surface area contributed by atoms with Crippen molar-refractivity contribution >= 4 is 35.4 Å². The van der Waals surface area contributed by atoms with Crippen molar-refractivity contribution in [1.82, 2.24) is 0 Å². The summed E-state index contributed by atoms with van der Waals surface area (Å²) in [6.45, 7) is 0. The summed E-state index contributed by atoms with van der Waals surface area (Å²) in [6.07, 6.45) is -5.01. The Bertz CT molecular complexity index is 1020. The van der Waals surface area contributed by atoms with Crippen LogP contribution < -0.4 is 4.72 Å². The van der Waals surface area contributed by atoms with E-state index >= 15 is 0 Å². The summed E-state index contributed by atoms with van der Waals surface area (Å²) >= 11 is 0. The summed E-state index contributed by atoms with van der Waals surface area (Å²) in [6, 6.07) is 5.10. The second-order valence-corrected chi connectivity index (χ2v) is 8.95. The van der Waals surface area contributed by atoms with Gasteiger partial charge in [-0.15, -0.1) is 0 Å². The van der Waals surface area contributed by atoms with Crippen molar-refractivity contribution in [2.24, 2.45) is 0 Å². The van der Waals surface area contributed by atoms with Gasteiger partial charge in [0.1, 0.15) is 5.82 Å². The lowest BCUT2D eigenvalue weighted by Crippen LogP contribution is -2.17. The van der Waals surface area contributed by atoms with E-state index in [0.717, 1.165) is 18.2 Å². The first kappa shape index (κ1) is 19.5. The number of halogens is 5. The summed E-state index contributed by atoms with van der Waals surface area (Å²) in [5.41, 5.74) is -2.44. The van der Waals surface area contributed by atoms with Crippen molar-refractivity contribution < 1.29 is 34.4 Å². The van der Waals surface area contributed by atoms with Gasteiger partial charge >= 0.3 is 6.18 Å². The molecule has 0 saturated carbocycles. The van der Waals surface area contributed by atoms with Crippen LogP contribution in [0.2, 0.25) is 0 Å². The Hall–Kier alpha value is -1.85. The van der Waals surface area contributed by atoms with Gasteiger partial charge in [0, 0.05) is 10.7 Å². The maximum Gasteiger partial charge on any atom is 0.418 e. The zero-order valence-corrected chi connectivity index (χ0v) is 14.3. The van der Waals surface area contributed by atoms with Crippen molar-refractivity contribution in [2.45, 2.75) is 16.0 Å². The minimum atomic E-state index is -5.01. The van der Waals surface area contributed by atoms with Gasteiger partial charge in [-0.05, 0) is 36.4 Å². The number of hydrogen-bond donors (Lipinski definition) is 1. The molecule has 1 N–H and O–H groups in total. The largest absolute Gasteiger partial charge is 0.418 e. The Morgan fingerprint density at radius 3 is 2.08 bits per heavy atom. The molecule has 0 amide bonds. The molecule has 2 aromatic carbocycles. The van der Waals surface area contributed by atoms with Gasteiger partial charge in [0.2, 0.25) is 0 Å². The quantitative estimate of drug-likeness (QED) is 0.609. The Balaban J connectivity index is 2.51. The van der Waals surface area contributed by atoms with E-state index in [1.807, 2.05) is 0 Å². The number of anilines is 1. The molecule has 25 heavy (non-hydrogen) atoms. The fraction of sp³-hybridized carbons (Fsp3) is 0.0769. The van der Waals surface area contributed by atoms with Crippen LogP contribution in [0.3, 0.4) is 0 Å². The lowest BCUT2D eigenvalue weighted by atomic mass is 10.2. The number of nitrogens with one attached hydrogen (secondary N) is 1.